The summed E-state index contributed by atoms with van der Waals surface area (Å²) in [7, 11) is -3.76. The first-order valence-corrected chi connectivity index (χ1v) is 9.04. The minimum Gasteiger partial charge on any atom is -0.391 e. The number of nitrogens with two attached hydrogens (primary N) is 1. The van der Waals surface area contributed by atoms with Crippen LogP contribution in [-0.2, 0) is 10.2 Å². The Labute approximate surface area is 134 Å². The highest BCUT2D eigenvalue weighted by molar-refractivity contribution is 7.86. The van der Waals surface area contributed by atoms with Crippen molar-refractivity contribution in [3.05, 3.63) is 42.4 Å². The zero-order valence-electron chi connectivity index (χ0n) is 12.4. The Kier molecular flexibility index (Phi) is 3.31. The Hall–Kier alpha value is -1.74. The molecule has 1 saturated heterocycles. The van der Waals surface area contributed by atoms with Crippen LogP contribution in [0.25, 0.3) is 11.3 Å². The molecule has 0 aliphatic carbocycles. The average Bonchev–Trinajstić information content (AvgIpc) is 3.07. The third-order valence-electron chi connectivity index (χ3n) is 4.88. The molecule has 1 fully saturated rings. The lowest BCUT2D eigenvalue weighted by Gasteiger charge is -2.37. The fourth-order valence-electron chi connectivity index (χ4n) is 3.83. The molecule has 3 atom stereocenters. The van der Waals surface area contributed by atoms with Gasteiger partial charge in [-0.15, -0.1) is 0 Å². The summed E-state index contributed by atoms with van der Waals surface area (Å²) in [6, 6.07) is 8.05. The van der Waals surface area contributed by atoms with Gasteiger partial charge in [-0.1, -0.05) is 24.3 Å². The van der Waals surface area contributed by atoms with E-state index in [-0.39, 0.29) is 18.5 Å². The van der Waals surface area contributed by atoms with Gasteiger partial charge in [-0.2, -0.15) is 12.7 Å². The molecule has 2 aromatic rings. The van der Waals surface area contributed by atoms with Gasteiger partial charge in [0.15, 0.2) is 0 Å². The number of imidazole rings is 1. The van der Waals surface area contributed by atoms with Crippen LogP contribution in [0.1, 0.15) is 18.0 Å². The molecule has 0 saturated carbocycles. The predicted molar refractivity (Wildman–Crippen MR) is 84.6 cm³/mol. The van der Waals surface area contributed by atoms with Crippen LogP contribution < -0.4 is 5.14 Å². The molecule has 0 radical (unpaired) electrons. The van der Waals surface area contributed by atoms with E-state index in [1.807, 2.05) is 18.3 Å². The van der Waals surface area contributed by atoms with E-state index in [0.717, 1.165) is 21.1 Å². The van der Waals surface area contributed by atoms with Gasteiger partial charge in [-0.25, -0.2) is 10.1 Å². The minimum atomic E-state index is -3.76. The second kappa shape index (κ2) is 5.13. The summed E-state index contributed by atoms with van der Waals surface area (Å²) in [6.07, 6.45) is 3.38. The molecule has 0 spiro atoms. The number of nitrogens with zero attached hydrogens (tertiary/aromatic N) is 3. The standard InChI is InChI=1S/C15H18N4O3S/c16-23(21,22)18-6-5-12(14(20)8-18)15-11-4-2-1-3-10(11)13-7-17-9-19(13)15/h1-4,7,9,12,14-15,20H,5-6,8H2,(H2,16,21,22)/t12-,14-,15-/m0/s1. The van der Waals surface area contributed by atoms with Crippen LogP contribution in [-0.4, -0.2) is 46.6 Å². The molecule has 3 N–H and O–H groups in total. The molecule has 0 bridgehead atoms. The summed E-state index contributed by atoms with van der Waals surface area (Å²) in [6.45, 7) is 0.357. The van der Waals surface area contributed by atoms with Gasteiger partial charge < -0.3 is 9.67 Å². The molecule has 122 valence electrons. The third-order valence-corrected chi connectivity index (χ3v) is 5.93. The summed E-state index contributed by atoms with van der Waals surface area (Å²) in [5, 5.41) is 15.7. The molecular formula is C15H18N4O3S. The van der Waals surface area contributed by atoms with E-state index in [1.165, 1.54) is 0 Å². The van der Waals surface area contributed by atoms with Gasteiger partial charge >= 0.3 is 0 Å². The number of aliphatic hydroxyl groups excluding tert-OH is 1. The third kappa shape index (κ3) is 2.29. The molecule has 23 heavy (non-hydrogen) atoms. The number of hydrogen-bond donors (Lipinski definition) is 2. The van der Waals surface area contributed by atoms with Crippen LogP contribution in [0.4, 0.5) is 0 Å². The van der Waals surface area contributed by atoms with Gasteiger partial charge in [0.2, 0.25) is 0 Å². The van der Waals surface area contributed by atoms with E-state index in [2.05, 4.69) is 21.7 Å². The van der Waals surface area contributed by atoms with Crippen molar-refractivity contribution < 1.29 is 13.5 Å². The van der Waals surface area contributed by atoms with Crippen molar-refractivity contribution in [2.24, 2.45) is 11.1 Å². The van der Waals surface area contributed by atoms with Gasteiger partial charge in [0, 0.05) is 24.6 Å². The van der Waals surface area contributed by atoms with Gasteiger partial charge in [-0.3, -0.25) is 0 Å². The lowest BCUT2D eigenvalue weighted by atomic mass is 9.84. The van der Waals surface area contributed by atoms with Crippen LogP contribution in [0.15, 0.2) is 36.8 Å². The normalized spacial score (nSPS) is 27.7. The van der Waals surface area contributed by atoms with E-state index in [1.54, 1.807) is 6.33 Å². The smallest absolute Gasteiger partial charge is 0.276 e. The van der Waals surface area contributed by atoms with Crippen molar-refractivity contribution in [1.82, 2.24) is 13.9 Å². The molecule has 8 heteroatoms. The van der Waals surface area contributed by atoms with Crippen LogP contribution in [0.2, 0.25) is 0 Å². The monoisotopic (exact) mass is 334 g/mol. The fourth-order valence-corrected chi connectivity index (χ4v) is 4.55. The highest BCUT2D eigenvalue weighted by atomic mass is 32.2. The number of aromatic nitrogens is 2. The molecule has 3 heterocycles. The Morgan fingerprint density at radius 1 is 1.30 bits per heavy atom. The second-order valence-corrected chi connectivity index (χ2v) is 7.69. The molecule has 2 aliphatic heterocycles. The Morgan fingerprint density at radius 2 is 2.09 bits per heavy atom. The van der Waals surface area contributed by atoms with E-state index >= 15 is 0 Å². The molecule has 7 nitrogen and oxygen atoms in total. The first kappa shape index (κ1) is 14.8. The lowest BCUT2D eigenvalue weighted by molar-refractivity contribution is 0.0343. The quantitative estimate of drug-likeness (QED) is 0.827. The van der Waals surface area contributed by atoms with Gasteiger partial charge in [-0.05, 0) is 12.0 Å². The number of aliphatic hydroxyl groups is 1. The topological polar surface area (TPSA) is 101 Å². The molecule has 0 amide bonds. The van der Waals surface area contributed by atoms with Crippen molar-refractivity contribution >= 4 is 10.2 Å². The number of β-amino-alcohol motifs (C(OH)–C–C–N with tert-alkyl or cyclic N) is 1. The van der Waals surface area contributed by atoms with E-state index in [0.29, 0.717) is 13.0 Å². The maximum Gasteiger partial charge on any atom is 0.276 e. The predicted octanol–water partition coefficient (Wildman–Crippen LogP) is 0.339. The molecule has 0 unspecified atom stereocenters. The highest BCUT2D eigenvalue weighted by Crippen LogP contribution is 2.45. The Bertz CT molecular complexity index is 848. The Morgan fingerprint density at radius 3 is 2.83 bits per heavy atom. The highest BCUT2D eigenvalue weighted by Gasteiger charge is 2.41. The molecule has 1 aromatic carbocycles. The maximum atomic E-state index is 11.5. The van der Waals surface area contributed by atoms with E-state index in [4.69, 9.17) is 5.14 Å². The van der Waals surface area contributed by atoms with Crippen LogP contribution >= 0.6 is 0 Å². The van der Waals surface area contributed by atoms with Gasteiger partial charge in [0.05, 0.1) is 30.4 Å². The number of rotatable bonds is 2. The summed E-state index contributed by atoms with van der Waals surface area (Å²) < 4.78 is 26.2. The summed E-state index contributed by atoms with van der Waals surface area (Å²) in [5.74, 6) is -0.0791. The minimum absolute atomic E-state index is 0.0265. The molecule has 4 rings (SSSR count). The van der Waals surface area contributed by atoms with Crippen molar-refractivity contribution in [2.75, 3.05) is 13.1 Å². The number of piperidine rings is 1. The second-order valence-electron chi connectivity index (χ2n) is 6.14. The van der Waals surface area contributed by atoms with Crippen LogP contribution in [0, 0.1) is 5.92 Å². The molecular weight excluding hydrogens is 316 g/mol. The van der Waals surface area contributed by atoms with Crippen molar-refractivity contribution in [2.45, 2.75) is 18.6 Å². The fraction of sp³-hybridized carbons (Fsp3) is 0.400. The van der Waals surface area contributed by atoms with Crippen molar-refractivity contribution in [3.63, 3.8) is 0 Å². The van der Waals surface area contributed by atoms with Crippen LogP contribution in [0.3, 0.4) is 0 Å². The Balaban J connectivity index is 1.70. The molecule has 1 aromatic heterocycles. The maximum absolute atomic E-state index is 11.5. The van der Waals surface area contributed by atoms with Gasteiger partial charge in [0.1, 0.15) is 0 Å². The first-order valence-electron chi connectivity index (χ1n) is 7.54. The van der Waals surface area contributed by atoms with Crippen molar-refractivity contribution in [1.29, 1.82) is 0 Å². The first-order chi connectivity index (χ1) is 11.0. The zero-order valence-corrected chi connectivity index (χ0v) is 13.2. The largest absolute Gasteiger partial charge is 0.391 e. The average molecular weight is 334 g/mol. The summed E-state index contributed by atoms with van der Waals surface area (Å²) in [5.41, 5.74) is 3.31. The number of fused-ring (bicyclic) bond motifs is 3. The molecule has 2 aliphatic rings. The van der Waals surface area contributed by atoms with E-state index in [9.17, 15) is 13.5 Å². The zero-order chi connectivity index (χ0) is 16.2. The summed E-state index contributed by atoms with van der Waals surface area (Å²) in [4.78, 5) is 4.22. The number of hydrogen-bond acceptors (Lipinski definition) is 4. The van der Waals surface area contributed by atoms with Crippen LogP contribution in [0.5, 0.6) is 0 Å². The van der Waals surface area contributed by atoms with E-state index < -0.39 is 16.3 Å². The SMILES string of the molecule is NS(=O)(=O)N1CC[C@H]([C@@H]2c3ccccc3-c3cncn32)[C@@H](O)C1. The van der Waals surface area contributed by atoms with Crippen molar-refractivity contribution in [3.8, 4) is 11.3 Å². The lowest BCUT2D eigenvalue weighted by Crippen LogP contribution is -2.50. The number of benzene rings is 1. The summed E-state index contributed by atoms with van der Waals surface area (Å²) >= 11 is 0. The van der Waals surface area contributed by atoms with Gasteiger partial charge in [0.25, 0.3) is 10.2 Å².